The van der Waals surface area contributed by atoms with Gasteiger partial charge in [-0.2, -0.15) is 0 Å². The Balaban J connectivity index is 1.84. The van der Waals surface area contributed by atoms with E-state index < -0.39 is 15.9 Å². The molecule has 3 rings (SSSR count). The maximum atomic E-state index is 12.3. The van der Waals surface area contributed by atoms with Crippen molar-refractivity contribution < 1.29 is 13.2 Å². The molecule has 0 saturated heterocycles. The molecule has 0 fully saturated rings. The summed E-state index contributed by atoms with van der Waals surface area (Å²) in [6.45, 7) is -0.0215. The van der Waals surface area contributed by atoms with Crippen molar-refractivity contribution >= 4 is 32.5 Å². The Hall–Kier alpha value is -3.00. The SMILES string of the molecule is CS(=O)(=O)N(CC(=O)NCc1ccncc1)c1cccc2cccnc12. The van der Waals surface area contributed by atoms with Gasteiger partial charge in [-0.15, -0.1) is 0 Å². The molecule has 0 spiro atoms. The third kappa shape index (κ3) is 4.15. The summed E-state index contributed by atoms with van der Waals surface area (Å²) in [6.07, 6.45) is 5.93. The van der Waals surface area contributed by atoms with Crippen LogP contribution in [0.25, 0.3) is 10.9 Å². The lowest BCUT2D eigenvalue weighted by Crippen LogP contribution is -2.40. The molecule has 26 heavy (non-hydrogen) atoms. The molecule has 2 aromatic heterocycles. The first kappa shape index (κ1) is 17.8. The molecule has 8 heteroatoms. The van der Waals surface area contributed by atoms with Crippen LogP contribution in [0.1, 0.15) is 5.56 Å². The molecule has 0 radical (unpaired) electrons. The number of amides is 1. The summed E-state index contributed by atoms with van der Waals surface area (Å²) in [5.41, 5.74) is 1.79. The molecular weight excluding hydrogens is 352 g/mol. The van der Waals surface area contributed by atoms with Crippen molar-refractivity contribution in [1.29, 1.82) is 0 Å². The summed E-state index contributed by atoms with van der Waals surface area (Å²) in [7, 11) is -3.66. The topological polar surface area (TPSA) is 92.3 Å². The van der Waals surface area contributed by atoms with Gasteiger partial charge in [-0.25, -0.2) is 8.42 Å². The number of carbonyl (C=O) groups excluding carboxylic acids is 1. The molecule has 0 saturated carbocycles. The number of carbonyl (C=O) groups is 1. The lowest BCUT2D eigenvalue weighted by atomic mass is 10.2. The Morgan fingerprint density at radius 2 is 1.81 bits per heavy atom. The molecule has 0 atom stereocenters. The standard InChI is InChI=1S/C18H18N4O3S/c1-26(24,25)22(13-17(23)21-12-14-7-10-19-11-8-14)16-6-2-4-15-5-3-9-20-18(15)16/h2-11H,12-13H2,1H3,(H,21,23). The highest BCUT2D eigenvalue weighted by molar-refractivity contribution is 7.92. The van der Waals surface area contributed by atoms with Crippen LogP contribution < -0.4 is 9.62 Å². The summed E-state index contributed by atoms with van der Waals surface area (Å²) < 4.78 is 25.7. The van der Waals surface area contributed by atoms with Crippen LogP contribution in [-0.2, 0) is 21.4 Å². The lowest BCUT2D eigenvalue weighted by Gasteiger charge is -2.22. The summed E-state index contributed by atoms with van der Waals surface area (Å²) in [5, 5.41) is 3.53. The van der Waals surface area contributed by atoms with Crippen LogP contribution in [0, 0.1) is 0 Å². The number of para-hydroxylation sites is 1. The van der Waals surface area contributed by atoms with Gasteiger partial charge in [0, 0.05) is 30.5 Å². The number of hydrogen-bond acceptors (Lipinski definition) is 5. The van der Waals surface area contributed by atoms with E-state index in [1.165, 1.54) is 0 Å². The van der Waals surface area contributed by atoms with Crippen molar-refractivity contribution in [3.8, 4) is 0 Å². The third-order valence-electron chi connectivity index (χ3n) is 3.81. The zero-order valence-electron chi connectivity index (χ0n) is 14.2. The largest absolute Gasteiger partial charge is 0.350 e. The van der Waals surface area contributed by atoms with E-state index in [2.05, 4.69) is 15.3 Å². The monoisotopic (exact) mass is 370 g/mol. The molecule has 0 aliphatic heterocycles. The maximum Gasteiger partial charge on any atom is 0.241 e. The Bertz CT molecular complexity index is 1020. The van der Waals surface area contributed by atoms with E-state index in [1.54, 1.807) is 48.9 Å². The van der Waals surface area contributed by atoms with Crippen molar-refractivity contribution in [2.45, 2.75) is 6.54 Å². The number of fused-ring (bicyclic) bond motifs is 1. The van der Waals surface area contributed by atoms with Gasteiger partial charge in [-0.1, -0.05) is 18.2 Å². The predicted octanol–water partition coefficient (Wildman–Crippen LogP) is 1.71. The second kappa shape index (κ2) is 7.49. The van der Waals surface area contributed by atoms with Gasteiger partial charge in [0.15, 0.2) is 0 Å². The number of benzene rings is 1. The molecule has 134 valence electrons. The maximum absolute atomic E-state index is 12.3. The number of anilines is 1. The lowest BCUT2D eigenvalue weighted by molar-refractivity contribution is -0.119. The van der Waals surface area contributed by atoms with Gasteiger partial charge in [0.1, 0.15) is 6.54 Å². The average molecular weight is 370 g/mol. The van der Waals surface area contributed by atoms with Crippen LogP contribution in [0.15, 0.2) is 61.1 Å². The third-order valence-corrected chi connectivity index (χ3v) is 4.93. The normalized spacial score (nSPS) is 11.3. The van der Waals surface area contributed by atoms with Gasteiger partial charge >= 0.3 is 0 Å². The molecule has 3 aromatic rings. The fourth-order valence-electron chi connectivity index (χ4n) is 2.56. The van der Waals surface area contributed by atoms with E-state index in [4.69, 9.17) is 0 Å². The van der Waals surface area contributed by atoms with E-state index in [-0.39, 0.29) is 6.54 Å². The first-order chi connectivity index (χ1) is 12.4. The Labute approximate surface area is 151 Å². The highest BCUT2D eigenvalue weighted by Gasteiger charge is 2.23. The summed E-state index contributed by atoms with van der Waals surface area (Å²) in [5.74, 6) is -0.403. The van der Waals surface area contributed by atoms with Crippen molar-refractivity contribution in [2.75, 3.05) is 17.1 Å². The van der Waals surface area contributed by atoms with Crippen molar-refractivity contribution in [3.63, 3.8) is 0 Å². The predicted molar refractivity (Wildman–Crippen MR) is 100 cm³/mol. The quantitative estimate of drug-likeness (QED) is 0.713. The van der Waals surface area contributed by atoms with Crippen molar-refractivity contribution in [1.82, 2.24) is 15.3 Å². The van der Waals surface area contributed by atoms with Crippen LogP contribution in [0.2, 0.25) is 0 Å². The molecule has 0 aliphatic rings. The van der Waals surface area contributed by atoms with E-state index in [0.29, 0.717) is 17.7 Å². The molecule has 2 heterocycles. The number of rotatable bonds is 6. The van der Waals surface area contributed by atoms with Crippen LogP contribution in [0.3, 0.4) is 0 Å². The number of hydrogen-bond donors (Lipinski definition) is 1. The van der Waals surface area contributed by atoms with Crippen LogP contribution in [-0.4, -0.2) is 37.1 Å². The minimum atomic E-state index is -3.66. The van der Waals surface area contributed by atoms with Crippen LogP contribution in [0.5, 0.6) is 0 Å². The van der Waals surface area contributed by atoms with Gasteiger partial charge in [-0.3, -0.25) is 19.1 Å². The molecule has 1 amide bonds. The molecule has 1 aromatic carbocycles. The van der Waals surface area contributed by atoms with Gasteiger partial charge in [0.25, 0.3) is 0 Å². The van der Waals surface area contributed by atoms with Gasteiger partial charge in [-0.05, 0) is 29.8 Å². The van der Waals surface area contributed by atoms with Crippen LogP contribution >= 0.6 is 0 Å². The average Bonchev–Trinajstić information content (AvgIpc) is 2.64. The van der Waals surface area contributed by atoms with Gasteiger partial charge in [0.2, 0.25) is 15.9 Å². The number of aromatic nitrogens is 2. The Kier molecular flexibility index (Phi) is 5.13. The number of pyridine rings is 2. The number of sulfonamides is 1. The first-order valence-electron chi connectivity index (χ1n) is 7.92. The Morgan fingerprint density at radius 3 is 2.54 bits per heavy atom. The van der Waals surface area contributed by atoms with E-state index in [0.717, 1.165) is 21.5 Å². The second-order valence-electron chi connectivity index (χ2n) is 5.75. The zero-order chi connectivity index (χ0) is 18.6. The van der Waals surface area contributed by atoms with Gasteiger partial charge in [0.05, 0.1) is 17.5 Å². The first-order valence-corrected chi connectivity index (χ1v) is 9.77. The van der Waals surface area contributed by atoms with E-state index in [1.807, 2.05) is 12.1 Å². The molecular formula is C18H18N4O3S. The highest BCUT2D eigenvalue weighted by atomic mass is 32.2. The van der Waals surface area contributed by atoms with Gasteiger partial charge < -0.3 is 5.32 Å². The molecule has 0 bridgehead atoms. The highest BCUT2D eigenvalue weighted by Crippen LogP contribution is 2.26. The van der Waals surface area contributed by atoms with Crippen molar-refractivity contribution in [3.05, 3.63) is 66.6 Å². The number of nitrogens with one attached hydrogen (secondary N) is 1. The van der Waals surface area contributed by atoms with E-state index in [9.17, 15) is 13.2 Å². The minimum absolute atomic E-state index is 0.298. The number of nitrogens with zero attached hydrogens (tertiary/aromatic N) is 3. The second-order valence-corrected chi connectivity index (χ2v) is 7.66. The van der Waals surface area contributed by atoms with Crippen LogP contribution in [0.4, 0.5) is 5.69 Å². The molecule has 0 aliphatic carbocycles. The van der Waals surface area contributed by atoms with E-state index >= 15 is 0 Å². The van der Waals surface area contributed by atoms with Crippen molar-refractivity contribution in [2.24, 2.45) is 0 Å². The zero-order valence-corrected chi connectivity index (χ0v) is 15.0. The molecule has 7 nitrogen and oxygen atoms in total. The fourth-order valence-corrected chi connectivity index (χ4v) is 3.41. The minimum Gasteiger partial charge on any atom is -0.350 e. The summed E-state index contributed by atoms with van der Waals surface area (Å²) in [4.78, 5) is 20.5. The molecule has 1 N–H and O–H groups in total. The smallest absolute Gasteiger partial charge is 0.241 e. The Morgan fingerprint density at radius 1 is 1.08 bits per heavy atom. The fraction of sp³-hybridized carbons (Fsp3) is 0.167. The summed E-state index contributed by atoms with van der Waals surface area (Å²) >= 11 is 0. The summed E-state index contributed by atoms with van der Waals surface area (Å²) in [6, 6.07) is 12.4. The molecule has 0 unspecified atom stereocenters.